The zero-order valence-corrected chi connectivity index (χ0v) is 20.3. The largest absolute Gasteiger partial charge is 0.490 e. The minimum absolute atomic E-state index is 0. The lowest BCUT2D eigenvalue weighted by atomic mass is 10.1. The van der Waals surface area contributed by atoms with Crippen molar-refractivity contribution in [2.45, 2.75) is 45.5 Å². The molecule has 2 N–H and O–H groups in total. The van der Waals surface area contributed by atoms with Crippen LogP contribution in [-0.2, 0) is 12.7 Å². The Morgan fingerprint density at radius 1 is 1.35 bits per heavy atom. The first-order chi connectivity index (χ1) is 14.3. The molecule has 1 heterocycles. The third kappa shape index (κ3) is 7.78. The van der Waals surface area contributed by atoms with E-state index in [4.69, 9.17) is 4.74 Å². The molecule has 11 heteroatoms. The Hall–Kier alpha value is -1.63. The first kappa shape index (κ1) is 25.6. The topological polar surface area (TPSA) is 58.5 Å². The van der Waals surface area contributed by atoms with Crippen LogP contribution in [0.5, 0.6) is 5.75 Å². The van der Waals surface area contributed by atoms with Gasteiger partial charge in [0.05, 0.1) is 19.2 Å². The molecular formula is C20H25F4IN4OS. The molecule has 1 saturated carbocycles. The molecule has 3 rings (SSSR count). The molecule has 172 valence electrons. The summed E-state index contributed by atoms with van der Waals surface area (Å²) in [6.07, 6.45) is -2.20. The lowest BCUT2D eigenvalue weighted by Gasteiger charge is -2.19. The number of guanidine groups is 1. The smallest absolute Gasteiger partial charge is 0.434 e. The summed E-state index contributed by atoms with van der Waals surface area (Å²) in [6.45, 7) is 4.82. The van der Waals surface area contributed by atoms with E-state index in [1.165, 1.54) is 6.07 Å². The van der Waals surface area contributed by atoms with Crippen LogP contribution in [0, 0.1) is 11.7 Å². The minimum Gasteiger partial charge on any atom is -0.490 e. The number of rotatable bonds is 8. The molecule has 0 spiro atoms. The molecular weight excluding hydrogens is 547 g/mol. The number of hydrogen-bond acceptors (Lipinski definition) is 4. The fourth-order valence-electron chi connectivity index (χ4n) is 2.66. The van der Waals surface area contributed by atoms with E-state index in [2.05, 4.69) is 20.6 Å². The predicted octanol–water partition coefficient (Wildman–Crippen LogP) is 5.52. The highest BCUT2D eigenvalue weighted by atomic mass is 127. The van der Waals surface area contributed by atoms with Crippen LogP contribution in [0.25, 0.3) is 0 Å². The molecule has 5 nitrogen and oxygen atoms in total. The van der Waals surface area contributed by atoms with Gasteiger partial charge in [-0.1, -0.05) is 6.07 Å². The number of nitrogens with one attached hydrogen (secondary N) is 2. The van der Waals surface area contributed by atoms with Gasteiger partial charge in [-0.05, 0) is 50.3 Å². The Balaban J connectivity index is 0.00000341. The molecule has 0 radical (unpaired) electrons. The van der Waals surface area contributed by atoms with E-state index in [0.717, 1.165) is 29.6 Å². The second-order valence-corrected chi connectivity index (χ2v) is 8.07. The number of ether oxygens (including phenoxy) is 1. The maximum atomic E-state index is 14.3. The molecule has 1 unspecified atom stereocenters. The van der Waals surface area contributed by atoms with Crippen LogP contribution in [-0.4, -0.2) is 24.1 Å². The fraction of sp³-hybridized carbons (Fsp3) is 0.500. The predicted molar refractivity (Wildman–Crippen MR) is 124 cm³/mol. The summed E-state index contributed by atoms with van der Waals surface area (Å²) < 4.78 is 57.9. The van der Waals surface area contributed by atoms with Crippen LogP contribution in [0.15, 0.2) is 28.6 Å². The maximum absolute atomic E-state index is 14.3. The van der Waals surface area contributed by atoms with E-state index in [-0.39, 0.29) is 47.3 Å². The van der Waals surface area contributed by atoms with E-state index in [1.54, 1.807) is 12.1 Å². The van der Waals surface area contributed by atoms with Crippen LogP contribution >= 0.6 is 35.3 Å². The van der Waals surface area contributed by atoms with Gasteiger partial charge in [0, 0.05) is 11.9 Å². The van der Waals surface area contributed by atoms with Gasteiger partial charge in [-0.2, -0.15) is 13.2 Å². The first-order valence-electron chi connectivity index (χ1n) is 9.75. The highest BCUT2D eigenvalue weighted by Gasteiger charge is 2.33. The van der Waals surface area contributed by atoms with E-state index in [0.29, 0.717) is 30.6 Å². The summed E-state index contributed by atoms with van der Waals surface area (Å²) in [6, 6.07) is 4.53. The molecule has 1 aromatic carbocycles. The quantitative estimate of drug-likeness (QED) is 0.189. The van der Waals surface area contributed by atoms with Gasteiger partial charge in [0.2, 0.25) is 0 Å². The number of aromatic nitrogens is 1. The van der Waals surface area contributed by atoms with Gasteiger partial charge in [-0.15, -0.1) is 35.3 Å². The normalized spacial score (nSPS) is 15.2. The highest BCUT2D eigenvalue weighted by molar-refractivity contribution is 14.0. The Morgan fingerprint density at radius 3 is 2.68 bits per heavy atom. The zero-order valence-electron chi connectivity index (χ0n) is 17.1. The van der Waals surface area contributed by atoms with Gasteiger partial charge in [0.25, 0.3) is 0 Å². The number of nitrogens with zero attached hydrogens (tertiary/aromatic N) is 2. The van der Waals surface area contributed by atoms with Crippen molar-refractivity contribution in [1.82, 2.24) is 15.6 Å². The fourth-order valence-corrected chi connectivity index (χ4v) is 3.39. The average Bonchev–Trinajstić information content (AvgIpc) is 3.38. The third-order valence-electron chi connectivity index (χ3n) is 4.54. The lowest BCUT2D eigenvalue weighted by Crippen LogP contribution is -2.38. The van der Waals surface area contributed by atoms with Gasteiger partial charge in [0.1, 0.15) is 5.01 Å². The summed E-state index contributed by atoms with van der Waals surface area (Å²) >= 11 is 0.909. The maximum Gasteiger partial charge on any atom is 0.434 e. The van der Waals surface area contributed by atoms with Crippen LogP contribution in [0.2, 0.25) is 0 Å². The van der Waals surface area contributed by atoms with Crippen molar-refractivity contribution in [2.24, 2.45) is 10.9 Å². The molecule has 1 aromatic heterocycles. The highest BCUT2D eigenvalue weighted by Crippen LogP contribution is 2.31. The van der Waals surface area contributed by atoms with Crippen molar-refractivity contribution in [3.05, 3.63) is 45.7 Å². The van der Waals surface area contributed by atoms with E-state index < -0.39 is 17.7 Å². The molecule has 0 bridgehead atoms. The van der Waals surface area contributed by atoms with Gasteiger partial charge < -0.3 is 15.4 Å². The number of benzene rings is 1. The van der Waals surface area contributed by atoms with Gasteiger partial charge in [-0.25, -0.2) is 14.4 Å². The first-order valence-corrected chi connectivity index (χ1v) is 10.6. The average molecular weight is 572 g/mol. The molecule has 0 saturated heterocycles. The van der Waals surface area contributed by atoms with Crippen molar-refractivity contribution in [3.8, 4) is 5.75 Å². The number of thiazole rings is 1. The number of halogens is 5. The van der Waals surface area contributed by atoms with Crippen LogP contribution < -0.4 is 15.4 Å². The standard InChI is InChI=1S/C20H24F4N4OS.HI/c1-3-25-19(26-9-18-28-17(11-30-18)20(22,23)24)27-12(2)14-6-7-16(15(21)8-14)29-10-13-4-5-13;/h6-8,11-13H,3-5,9-10H2,1-2H3,(H2,25,26,27);1H. The second kappa shape index (κ2) is 11.3. The summed E-state index contributed by atoms with van der Waals surface area (Å²) in [5, 5.41) is 7.40. The van der Waals surface area contributed by atoms with Crippen molar-refractivity contribution in [2.75, 3.05) is 13.2 Å². The Bertz CT molecular complexity index is 886. The van der Waals surface area contributed by atoms with Crippen molar-refractivity contribution >= 4 is 41.3 Å². The summed E-state index contributed by atoms with van der Waals surface area (Å²) in [7, 11) is 0. The number of aliphatic imine (C=N–C) groups is 1. The molecule has 1 aliphatic carbocycles. The monoisotopic (exact) mass is 572 g/mol. The SMILES string of the molecule is CCNC(=NCc1nc(C(F)(F)F)cs1)NC(C)c1ccc(OCC2CC2)c(F)c1.I. The van der Waals surface area contributed by atoms with E-state index in [9.17, 15) is 17.6 Å². The van der Waals surface area contributed by atoms with Crippen molar-refractivity contribution in [1.29, 1.82) is 0 Å². The number of hydrogen-bond donors (Lipinski definition) is 2. The van der Waals surface area contributed by atoms with Gasteiger partial charge in [0.15, 0.2) is 23.2 Å². The van der Waals surface area contributed by atoms with E-state index >= 15 is 0 Å². The lowest BCUT2D eigenvalue weighted by molar-refractivity contribution is -0.140. The second-order valence-electron chi connectivity index (χ2n) is 7.13. The molecule has 0 amide bonds. The van der Waals surface area contributed by atoms with Crippen molar-refractivity contribution < 1.29 is 22.3 Å². The summed E-state index contributed by atoms with van der Waals surface area (Å²) in [5.41, 5.74) is -0.214. The van der Waals surface area contributed by atoms with Gasteiger partial charge in [-0.3, -0.25) is 0 Å². The zero-order chi connectivity index (χ0) is 21.7. The van der Waals surface area contributed by atoms with Crippen molar-refractivity contribution in [3.63, 3.8) is 0 Å². The molecule has 1 atom stereocenters. The Labute approximate surface area is 199 Å². The van der Waals surface area contributed by atoms with Gasteiger partial charge >= 0.3 is 6.18 Å². The Morgan fingerprint density at radius 2 is 2.10 bits per heavy atom. The summed E-state index contributed by atoms with van der Waals surface area (Å²) in [5.74, 6) is 0.755. The van der Waals surface area contributed by atoms with Crippen LogP contribution in [0.3, 0.4) is 0 Å². The van der Waals surface area contributed by atoms with Crippen LogP contribution in [0.4, 0.5) is 17.6 Å². The van der Waals surface area contributed by atoms with Crippen LogP contribution in [0.1, 0.15) is 49.0 Å². The molecule has 1 fully saturated rings. The molecule has 1 aliphatic rings. The third-order valence-corrected chi connectivity index (χ3v) is 5.37. The Kier molecular flexibility index (Phi) is 9.34. The molecule has 0 aliphatic heterocycles. The number of alkyl halides is 3. The minimum atomic E-state index is -4.46. The molecule has 31 heavy (non-hydrogen) atoms. The molecule has 2 aromatic rings. The van der Waals surface area contributed by atoms with E-state index in [1.807, 2.05) is 13.8 Å². The summed E-state index contributed by atoms with van der Waals surface area (Å²) in [4.78, 5) is 7.87.